The van der Waals surface area contributed by atoms with Crippen LogP contribution in [0, 0.1) is 13.8 Å². The smallest absolute Gasteiger partial charge is 0.407 e. The molecular formula is C21H28N4O2S. The number of carbonyl (C=O) groups is 1. The van der Waals surface area contributed by atoms with Crippen molar-refractivity contribution >= 4 is 23.1 Å². The van der Waals surface area contributed by atoms with Gasteiger partial charge in [0.1, 0.15) is 5.60 Å². The van der Waals surface area contributed by atoms with Crippen LogP contribution in [0.3, 0.4) is 0 Å². The lowest BCUT2D eigenvalue weighted by Crippen LogP contribution is -2.33. The zero-order chi connectivity index (χ0) is 20.5. The molecule has 3 heterocycles. The number of rotatable bonds is 5. The van der Waals surface area contributed by atoms with E-state index < -0.39 is 5.60 Å². The third-order valence-electron chi connectivity index (χ3n) is 4.24. The number of hydrogen-bond donors (Lipinski definition) is 1. The average Bonchev–Trinajstić information content (AvgIpc) is 3.17. The summed E-state index contributed by atoms with van der Waals surface area (Å²) in [4.78, 5) is 23.5. The number of thiophene rings is 1. The van der Waals surface area contributed by atoms with Crippen molar-refractivity contribution in [3.8, 4) is 10.6 Å². The van der Waals surface area contributed by atoms with E-state index in [0.717, 1.165) is 41.3 Å². The molecule has 0 radical (unpaired) electrons. The number of nitrogens with one attached hydrogen (secondary N) is 1. The number of hydrogen-bond acceptors (Lipinski definition) is 5. The lowest BCUT2D eigenvalue weighted by molar-refractivity contribution is 0.0528. The number of fused-ring (bicyclic) bond motifs is 1. The van der Waals surface area contributed by atoms with Gasteiger partial charge in [-0.1, -0.05) is 6.92 Å². The largest absolute Gasteiger partial charge is 0.444 e. The van der Waals surface area contributed by atoms with Crippen LogP contribution < -0.4 is 5.32 Å². The molecule has 3 aromatic heterocycles. The van der Waals surface area contributed by atoms with Gasteiger partial charge >= 0.3 is 6.09 Å². The van der Waals surface area contributed by atoms with Crippen LogP contribution in [-0.4, -0.2) is 32.6 Å². The summed E-state index contributed by atoms with van der Waals surface area (Å²) in [6, 6.07) is 4.26. The maximum Gasteiger partial charge on any atom is 0.407 e. The first-order valence-corrected chi connectivity index (χ1v) is 10.4. The van der Waals surface area contributed by atoms with Gasteiger partial charge in [0.2, 0.25) is 0 Å². The molecule has 0 fully saturated rings. The van der Waals surface area contributed by atoms with Crippen molar-refractivity contribution in [3.63, 3.8) is 0 Å². The number of carbonyl (C=O) groups excluding carboxylic acids is 1. The average molecular weight is 401 g/mol. The maximum atomic E-state index is 11.8. The Morgan fingerprint density at radius 1 is 1.25 bits per heavy atom. The van der Waals surface area contributed by atoms with Crippen LogP contribution in [0.5, 0.6) is 0 Å². The van der Waals surface area contributed by atoms with Gasteiger partial charge in [-0.3, -0.25) is 9.38 Å². The van der Waals surface area contributed by atoms with Crippen LogP contribution in [0.2, 0.25) is 0 Å². The van der Waals surface area contributed by atoms with Crippen molar-refractivity contribution in [2.75, 3.05) is 6.54 Å². The van der Waals surface area contributed by atoms with Gasteiger partial charge in [-0.2, -0.15) is 0 Å². The van der Waals surface area contributed by atoms with E-state index in [-0.39, 0.29) is 6.09 Å². The molecule has 0 aromatic carbocycles. The monoisotopic (exact) mass is 400 g/mol. The van der Waals surface area contributed by atoms with Crippen LogP contribution in [0.25, 0.3) is 16.2 Å². The van der Waals surface area contributed by atoms with Crippen molar-refractivity contribution < 1.29 is 9.53 Å². The normalized spacial score (nSPS) is 11.8. The number of imidazole rings is 1. The summed E-state index contributed by atoms with van der Waals surface area (Å²) in [5.74, 6) is 0. The molecule has 0 bridgehead atoms. The van der Waals surface area contributed by atoms with Gasteiger partial charge in [0.15, 0.2) is 5.65 Å². The van der Waals surface area contributed by atoms with E-state index in [1.165, 1.54) is 9.75 Å². The molecule has 0 atom stereocenters. The first kappa shape index (κ1) is 20.3. The Morgan fingerprint density at radius 3 is 2.68 bits per heavy atom. The quantitative estimate of drug-likeness (QED) is 0.674. The molecule has 7 heteroatoms. The topological polar surface area (TPSA) is 68.5 Å². The summed E-state index contributed by atoms with van der Waals surface area (Å²) >= 11 is 1.74. The zero-order valence-corrected chi connectivity index (χ0v) is 18.2. The summed E-state index contributed by atoms with van der Waals surface area (Å²) in [6.45, 7) is 12.3. The second kappa shape index (κ2) is 7.91. The first-order valence-electron chi connectivity index (χ1n) is 9.59. The van der Waals surface area contributed by atoms with E-state index in [2.05, 4.69) is 33.8 Å². The standard InChI is InChI=1S/C21H28N4O2S/c1-7-16-18(25-12-13(2)23-14(3)19(25)24-16)17-9-8-15(28-17)10-11-22-20(26)27-21(4,5)6/h8-9,12H,7,10-11H2,1-6H3,(H,22,26). The molecule has 28 heavy (non-hydrogen) atoms. The summed E-state index contributed by atoms with van der Waals surface area (Å²) in [6.07, 6.45) is 3.30. The van der Waals surface area contributed by atoms with E-state index in [1.807, 2.05) is 40.8 Å². The fourth-order valence-electron chi connectivity index (χ4n) is 3.14. The molecule has 150 valence electrons. The molecule has 3 aromatic rings. The lowest BCUT2D eigenvalue weighted by atomic mass is 10.2. The number of amides is 1. The molecule has 0 spiro atoms. The number of aromatic nitrogens is 3. The van der Waals surface area contributed by atoms with E-state index >= 15 is 0 Å². The third-order valence-corrected chi connectivity index (χ3v) is 5.39. The Morgan fingerprint density at radius 2 is 2.00 bits per heavy atom. The predicted molar refractivity (Wildman–Crippen MR) is 113 cm³/mol. The molecule has 0 saturated carbocycles. The molecular weight excluding hydrogens is 372 g/mol. The van der Waals surface area contributed by atoms with Gasteiger partial charge < -0.3 is 10.1 Å². The van der Waals surface area contributed by atoms with E-state index in [1.54, 1.807) is 11.3 Å². The first-order chi connectivity index (χ1) is 13.2. The second-order valence-corrected chi connectivity index (χ2v) is 9.03. The Bertz CT molecular complexity index is 998. The minimum atomic E-state index is -0.481. The molecule has 0 saturated heterocycles. The molecule has 1 N–H and O–H groups in total. The van der Waals surface area contributed by atoms with Crippen LogP contribution >= 0.6 is 11.3 Å². The maximum absolute atomic E-state index is 11.8. The summed E-state index contributed by atoms with van der Waals surface area (Å²) in [5.41, 5.74) is 4.58. The van der Waals surface area contributed by atoms with E-state index in [4.69, 9.17) is 9.72 Å². The van der Waals surface area contributed by atoms with Crippen LogP contribution in [0.4, 0.5) is 4.79 Å². The Hall–Kier alpha value is -2.41. The number of ether oxygens (including phenoxy) is 1. The van der Waals surface area contributed by atoms with Gasteiger partial charge in [-0.15, -0.1) is 11.3 Å². The zero-order valence-electron chi connectivity index (χ0n) is 17.4. The van der Waals surface area contributed by atoms with Crippen molar-refractivity contribution in [2.24, 2.45) is 0 Å². The molecule has 0 unspecified atom stereocenters. The van der Waals surface area contributed by atoms with E-state index in [9.17, 15) is 4.79 Å². The molecule has 0 aliphatic heterocycles. The third kappa shape index (κ3) is 4.52. The predicted octanol–water partition coefficient (Wildman–Crippen LogP) is 4.70. The van der Waals surface area contributed by atoms with Crippen molar-refractivity contribution in [3.05, 3.63) is 40.3 Å². The minimum absolute atomic E-state index is 0.377. The van der Waals surface area contributed by atoms with Crippen LogP contribution in [0.1, 0.15) is 49.7 Å². The van der Waals surface area contributed by atoms with Crippen molar-refractivity contribution in [1.29, 1.82) is 0 Å². The van der Waals surface area contributed by atoms with Gasteiger partial charge in [-0.05, 0) is 59.6 Å². The van der Waals surface area contributed by atoms with E-state index in [0.29, 0.717) is 6.54 Å². The molecule has 0 aliphatic carbocycles. The highest BCUT2D eigenvalue weighted by atomic mass is 32.1. The Kier molecular flexibility index (Phi) is 5.74. The SMILES string of the molecule is CCc1nc2c(C)nc(C)cn2c1-c1ccc(CCNC(=O)OC(C)(C)C)s1. The minimum Gasteiger partial charge on any atom is -0.444 e. The van der Waals surface area contributed by atoms with Gasteiger partial charge in [0.05, 0.1) is 27.7 Å². The molecule has 0 aliphatic rings. The van der Waals surface area contributed by atoms with Crippen LogP contribution in [0.15, 0.2) is 18.3 Å². The van der Waals surface area contributed by atoms with Gasteiger partial charge in [-0.25, -0.2) is 9.78 Å². The highest BCUT2D eigenvalue weighted by molar-refractivity contribution is 7.15. The summed E-state index contributed by atoms with van der Waals surface area (Å²) < 4.78 is 7.43. The number of aryl methyl sites for hydroxylation is 3. The summed E-state index contributed by atoms with van der Waals surface area (Å²) in [5, 5.41) is 2.82. The molecule has 6 nitrogen and oxygen atoms in total. The fraction of sp³-hybridized carbons (Fsp3) is 0.476. The van der Waals surface area contributed by atoms with Gasteiger partial charge in [0.25, 0.3) is 0 Å². The lowest BCUT2D eigenvalue weighted by Gasteiger charge is -2.19. The summed E-state index contributed by atoms with van der Waals surface area (Å²) in [7, 11) is 0. The number of nitrogens with zero attached hydrogens (tertiary/aromatic N) is 3. The van der Waals surface area contributed by atoms with Crippen LogP contribution in [-0.2, 0) is 17.6 Å². The molecule has 3 rings (SSSR count). The Labute approximate surface area is 170 Å². The Balaban J connectivity index is 1.78. The molecule has 1 amide bonds. The van der Waals surface area contributed by atoms with Crippen molar-refractivity contribution in [2.45, 2.75) is 60.0 Å². The van der Waals surface area contributed by atoms with Gasteiger partial charge in [0, 0.05) is 17.6 Å². The highest BCUT2D eigenvalue weighted by Crippen LogP contribution is 2.32. The van der Waals surface area contributed by atoms with Crippen molar-refractivity contribution in [1.82, 2.24) is 19.7 Å². The second-order valence-electron chi connectivity index (χ2n) is 7.87. The fourth-order valence-corrected chi connectivity index (χ4v) is 4.21. The number of alkyl carbamates (subject to hydrolysis) is 1. The highest BCUT2D eigenvalue weighted by Gasteiger charge is 2.18.